The van der Waals surface area contributed by atoms with E-state index in [9.17, 15) is 9.59 Å². The first-order chi connectivity index (χ1) is 15.5. The van der Waals surface area contributed by atoms with Crippen LogP contribution in [0.15, 0.2) is 77.4 Å². The highest BCUT2D eigenvalue weighted by atomic mass is 16.2. The number of nitrogens with one attached hydrogen (secondary N) is 1. The number of benzene rings is 2. The molecule has 4 rings (SSSR count). The number of hydrogen-bond acceptors (Lipinski definition) is 3. The zero-order valence-electron chi connectivity index (χ0n) is 18.8. The third kappa shape index (κ3) is 4.00. The zero-order chi connectivity index (χ0) is 22.7. The molecule has 3 amide bonds. The molecule has 2 aromatic carbocycles. The van der Waals surface area contributed by atoms with Crippen molar-refractivity contribution in [2.75, 3.05) is 20.6 Å². The largest absolute Gasteiger partial charge is 0.417 e. The van der Waals surface area contributed by atoms with Crippen molar-refractivity contribution in [1.29, 1.82) is 0 Å². The van der Waals surface area contributed by atoms with Crippen LogP contribution in [-0.4, -0.2) is 53.9 Å². The first kappa shape index (κ1) is 21.7. The third-order valence-electron chi connectivity index (χ3n) is 6.27. The molecule has 0 aromatic heterocycles. The van der Waals surface area contributed by atoms with Gasteiger partial charge >= 0.3 is 6.03 Å². The maximum absolute atomic E-state index is 13.0. The molecule has 0 radical (unpaired) electrons. The Kier molecular flexibility index (Phi) is 6.30. The van der Waals surface area contributed by atoms with Crippen LogP contribution in [0.4, 0.5) is 4.79 Å². The lowest BCUT2D eigenvalue weighted by atomic mass is 9.87. The molecule has 1 N–H and O–H groups in total. The summed E-state index contributed by atoms with van der Waals surface area (Å²) in [4.78, 5) is 36.2. The van der Waals surface area contributed by atoms with E-state index in [2.05, 4.69) is 60.4 Å². The van der Waals surface area contributed by atoms with Crippen LogP contribution in [0.3, 0.4) is 0 Å². The summed E-state index contributed by atoms with van der Waals surface area (Å²) < 4.78 is 0. The molecule has 0 saturated carbocycles. The van der Waals surface area contributed by atoms with E-state index in [1.165, 1.54) is 28.0 Å². The lowest BCUT2D eigenvalue weighted by Gasteiger charge is -2.32. The number of carbonyl (C=O) groups excluding carboxylic acids is 2. The van der Waals surface area contributed by atoms with E-state index in [1.807, 2.05) is 18.3 Å². The van der Waals surface area contributed by atoms with E-state index in [0.29, 0.717) is 12.4 Å². The molecule has 2 heterocycles. The van der Waals surface area contributed by atoms with Crippen LogP contribution in [-0.2, 0) is 4.79 Å². The SMILES string of the molecule is CCC1=C[NH+]=C2C(C(=O)N(C)C(=O)N2C)C1=NCCC(c1ccccc1)c1ccccc1. The molecule has 164 valence electrons. The summed E-state index contributed by atoms with van der Waals surface area (Å²) in [6.07, 6.45) is 3.45. The molecule has 2 aliphatic heterocycles. The summed E-state index contributed by atoms with van der Waals surface area (Å²) in [6, 6.07) is 20.6. The molecular formula is C26H29N4O2+. The average molecular weight is 430 g/mol. The normalized spacial score (nSPS) is 19.9. The zero-order valence-corrected chi connectivity index (χ0v) is 18.8. The van der Waals surface area contributed by atoms with Gasteiger partial charge in [0.25, 0.3) is 11.7 Å². The van der Waals surface area contributed by atoms with Crippen molar-refractivity contribution in [2.45, 2.75) is 25.7 Å². The van der Waals surface area contributed by atoms with Crippen LogP contribution < -0.4 is 4.99 Å². The Morgan fingerprint density at radius 2 is 1.53 bits per heavy atom. The molecule has 2 aliphatic rings. The van der Waals surface area contributed by atoms with E-state index < -0.39 is 5.92 Å². The van der Waals surface area contributed by atoms with Gasteiger partial charge in [-0.2, -0.15) is 4.90 Å². The number of urea groups is 1. The van der Waals surface area contributed by atoms with Crippen LogP contribution in [0.25, 0.3) is 0 Å². The molecule has 0 bridgehead atoms. The molecule has 0 spiro atoms. The second kappa shape index (κ2) is 9.30. The highest BCUT2D eigenvalue weighted by molar-refractivity contribution is 6.31. The van der Waals surface area contributed by atoms with Crippen LogP contribution in [0.2, 0.25) is 0 Å². The summed E-state index contributed by atoms with van der Waals surface area (Å²) in [5.41, 5.74) is 4.26. The first-order valence-corrected chi connectivity index (χ1v) is 11.0. The molecule has 6 heteroatoms. The van der Waals surface area contributed by atoms with Gasteiger partial charge in [0.2, 0.25) is 0 Å². The molecule has 0 aliphatic carbocycles. The lowest BCUT2D eigenvalue weighted by molar-refractivity contribution is -0.383. The standard InChI is InChI=1S/C26H28N4O2/c1-4-18-17-28-24-22(25(31)30(3)26(32)29(24)2)23(18)27-16-15-21(19-11-7-5-8-12-19)20-13-9-6-10-14-20/h5-14,17,21-22H,4,15-16H2,1-3H3/p+1. The summed E-state index contributed by atoms with van der Waals surface area (Å²) in [5.74, 6) is -0.0164. The summed E-state index contributed by atoms with van der Waals surface area (Å²) >= 11 is 0. The number of amidine groups is 1. The van der Waals surface area contributed by atoms with E-state index in [0.717, 1.165) is 24.1 Å². The Labute approximate surface area is 189 Å². The minimum atomic E-state index is -0.574. The second-order valence-electron chi connectivity index (χ2n) is 8.15. The van der Waals surface area contributed by atoms with Crippen LogP contribution in [0, 0.1) is 5.92 Å². The second-order valence-corrected chi connectivity index (χ2v) is 8.15. The summed E-state index contributed by atoms with van der Waals surface area (Å²) in [6.45, 7) is 2.64. The molecule has 1 fully saturated rings. The topological polar surface area (TPSA) is 67.0 Å². The van der Waals surface area contributed by atoms with Gasteiger partial charge in [-0.1, -0.05) is 67.6 Å². The maximum Gasteiger partial charge on any atom is 0.417 e. The molecular weight excluding hydrogens is 400 g/mol. The average Bonchev–Trinajstić information content (AvgIpc) is 2.84. The van der Waals surface area contributed by atoms with Crippen molar-refractivity contribution in [3.8, 4) is 0 Å². The van der Waals surface area contributed by atoms with E-state index in [4.69, 9.17) is 4.99 Å². The fourth-order valence-electron chi connectivity index (χ4n) is 4.46. The van der Waals surface area contributed by atoms with Crippen molar-refractivity contribution in [3.05, 3.63) is 83.6 Å². The number of hydrogen-bond donors (Lipinski definition) is 1. The van der Waals surface area contributed by atoms with Gasteiger partial charge in [-0.3, -0.25) is 9.79 Å². The fraction of sp³-hybridized carbons (Fsp3) is 0.308. The van der Waals surface area contributed by atoms with Crippen LogP contribution >= 0.6 is 0 Å². The van der Waals surface area contributed by atoms with E-state index in [1.54, 1.807) is 7.05 Å². The lowest BCUT2D eigenvalue weighted by Crippen LogP contribution is -2.80. The quantitative estimate of drug-likeness (QED) is 0.767. The third-order valence-corrected chi connectivity index (χ3v) is 6.27. The van der Waals surface area contributed by atoms with Crippen molar-refractivity contribution < 1.29 is 14.6 Å². The smallest absolute Gasteiger partial charge is 0.288 e. The number of imide groups is 1. The predicted octanol–water partition coefficient (Wildman–Crippen LogP) is 2.58. The van der Waals surface area contributed by atoms with Crippen molar-refractivity contribution in [1.82, 2.24) is 9.80 Å². The van der Waals surface area contributed by atoms with Gasteiger partial charge < -0.3 is 0 Å². The molecule has 32 heavy (non-hydrogen) atoms. The maximum atomic E-state index is 13.0. The highest BCUT2D eigenvalue weighted by Crippen LogP contribution is 2.29. The van der Waals surface area contributed by atoms with Gasteiger partial charge in [-0.05, 0) is 24.0 Å². The van der Waals surface area contributed by atoms with Gasteiger partial charge in [0.05, 0.1) is 19.0 Å². The van der Waals surface area contributed by atoms with Gasteiger partial charge in [0, 0.05) is 25.1 Å². The number of rotatable bonds is 6. The number of amides is 3. The van der Waals surface area contributed by atoms with Crippen molar-refractivity contribution in [3.63, 3.8) is 0 Å². The molecule has 1 saturated heterocycles. The van der Waals surface area contributed by atoms with Crippen molar-refractivity contribution >= 4 is 23.5 Å². The van der Waals surface area contributed by atoms with Gasteiger partial charge in [0.15, 0.2) is 5.92 Å². The Morgan fingerprint density at radius 1 is 0.938 bits per heavy atom. The number of carbonyl (C=O) groups is 2. The minimum Gasteiger partial charge on any atom is -0.288 e. The van der Waals surface area contributed by atoms with Gasteiger partial charge in [-0.15, -0.1) is 0 Å². The number of fused-ring (bicyclic) bond motifs is 1. The summed E-state index contributed by atoms with van der Waals surface area (Å²) in [7, 11) is 3.21. The number of aliphatic imine (C=N–C) groups is 1. The van der Waals surface area contributed by atoms with Gasteiger partial charge in [0.1, 0.15) is 0 Å². The van der Waals surface area contributed by atoms with E-state index in [-0.39, 0.29) is 17.9 Å². The number of nitrogens with zero attached hydrogens (tertiary/aromatic N) is 3. The Morgan fingerprint density at radius 3 is 2.09 bits per heavy atom. The predicted molar refractivity (Wildman–Crippen MR) is 125 cm³/mol. The number of allylic oxidation sites excluding steroid dienone is 1. The van der Waals surface area contributed by atoms with Gasteiger partial charge in [-0.25, -0.2) is 14.7 Å². The van der Waals surface area contributed by atoms with Crippen LogP contribution in [0.1, 0.15) is 36.8 Å². The minimum absolute atomic E-state index is 0.218. The highest BCUT2D eigenvalue weighted by Gasteiger charge is 2.50. The Bertz CT molecular complexity index is 1050. The Balaban J connectivity index is 1.63. The molecule has 1 atom stereocenters. The molecule has 1 unspecified atom stereocenters. The monoisotopic (exact) mass is 429 g/mol. The first-order valence-electron chi connectivity index (χ1n) is 11.0. The fourth-order valence-corrected chi connectivity index (χ4v) is 4.46. The Hall–Kier alpha value is -3.54. The van der Waals surface area contributed by atoms with Crippen molar-refractivity contribution in [2.24, 2.45) is 10.9 Å². The molecule has 2 aromatic rings. The summed E-state index contributed by atoms with van der Waals surface area (Å²) in [5, 5.41) is 0. The molecule has 6 nitrogen and oxygen atoms in total. The van der Waals surface area contributed by atoms with E-state index >= 15 is 0 Å². The van der Waals surface area contributed by atoms with Crippen LogP contribution in [0.5, 0.6) is 0 Å².